The van der Waals surface area contributed by atoms with Gasteiger partial charge in [0.1, 0.15) is 0 Å². The number of rotatable bonds is 6. The molecular weight excluding hydrogens is 437 g/mol. The maximum atomic E-state index is 12.9. The number of carbonyl (C=O) groups excluding carboxylic acids is 2. The Morgan fingerprint density at radius 1 is 1.28 bits per heavy atom. The highest BCUT2D eigenvalue weighted by Crippen LogP contribution is 2.35. The average molecular weight is 457 g/mol. The zero-order chi connectivity index (χ0) is 21.8. The molecule has 1 amide bonds. The topological polar surface area (TPSA) is 92.8 Å². The summed E-state index contributed by atoms with van der Waals surface area (Å²) in [6, 6.07) is 2.26. The molecule has 0 aromatic heterocycles. The van der Waals surface area contributed by atoms with Crippen molar-refractivity contribution in [3.63, 3.8) is 0 Å². The lowest BCUT2D eigenvalue weighted by Crippen LogP contribution is -2.41. The summed E-state index contributed by atoms with van der Waals surface area (Å²) < 4.78 is 70.0. The second-order valence-corrected chi connectivity index (χ2v) is 8.64. The third-order valence-corrected chi connectivity index (χ3v) is 6.35. The van der Waals surface area contributed by atoms with E-state index in [-0.39, 0.29) is 30.8 Å². The van der Waals surface area contributed by atoms with E-state index in [0.29, 0.717) is 32.0 Å². The van der Waals surface area contributed by atoms with Gasteiger partial charge < -0.3 is 9.64 Å². The first-order chi connectivity index (χ1) is 13.5. The second-order valence-electron chi connectivity index (χ2n) is 6.47. The predicted molar refractivity (Wildman–Crippen MR) is 97.6 cm³/mol. The fourth-order valence-corrected chi connectivity index (χ4v) is 4.24. The summed E-state index contributed by atoms with van der Waals surface area (Å²) in [6.07, 6.45) is -4.05. The first-order valence-corrected chi connectivity index (χ1v) is 10.5. The van der Waals surface area contributed by atoms with Crippen LogP contribution in [0.25, 0.3) is 0 Å². The van der Waals surface area contributed by atoms with Crippen molar-refractivity contribution in [1.29, 1.82) is 0 Å². The molecule has 0 saturated carbocycles. The maximum Gasteiger partial charge on any atom is 0.417 e. The van der Waals surface area contributed by atoms with Gasteiger partial charge in [-0.2, -0.15) is 13.2 Å². The van der Waals surface area contributed by atoms with Gasteiger partial charge in [-0.25, -0.2) is 13.1 Å². The lowest BCUT2D eigenvalue weighted by molar-refractivity contribution is -0.148. The standard InChI is InChI=1S/C17H20ClF3N2O5S/c1-28-16(25)11-5-8-23(9-6-11)15(24)4-7-22-29(26,27)12-2-3-14(18)13(10-12)17(19,20)21/h2-3,10-11,22H,4-9H2,1H3. The minimum Gasteiger partial charge on any atom is -0.469 e. The first kappa shape index (κ1) is 23.4. The summed E-state index contributed by atoms with van der Waals surface area (Å²) >= 11 is 5.49. The predicted octanol–water partition coefficient (Wildman–Crippen LogP) is 2.44. The molecule has 0 aliphatic carbocycles. The van der Waals surface area contributed by atoms with Crippen LogP contribution in [-0.2, 0) is 30.5 Å². The molecule has 1 aromatic rings. The van der Waals surface area contributed by atoms with E-state index in [0.717, 1.165) is 12.1 Å². The van der Waals surface area contributed by atoms with Gasteiger partial charge in [-0.05, 0) is 31.0 Å². The van der Waals surface area contributed by atoms with Crippen LogP contribution in [0.2, 0.25) is 5.02 Å². The van der Waals surface area contributed by atoms with Crippen LogP contribution in [0.4, 0.5) is 13.2 Å². The van der Waals surface area contributed by atoms with Crippen molar-refractivity contribution in [2.75, 3.05) is 26.7 Å². The van der Waals surface area contributed by atoms with Crippen molar-refractivity contribution in [3.8, 4) is 0 Å². The molecule has 29 heavy (non-hydrogen) atoms. The Bertz CT molecular complexity index is 868. The summed E-state index contributed by atoms with van der Waals surface area (Å²) in [5, 5.41) is -0.609. The van der Waals surface area contributed by atoms with E-state index in [2.05, 4.69) is 9.46 Å². The molecule has 1 N–H and O–H groups in total. The van der Waals surface area contributed by atoms with Crippen LogP contribution < -0.4 is 4.72 Å². The molecule has 0 atom stereocenters. The van der Waals surface area contributed by atoms with Gasteiger partial charge in [0.05, 0.1) is 28.5 Å². The zero-order valence-corrected chi connectivity index (χ0v) is 17.0. The highest BCUT2D eigenvalue weighted by atomic mass is 35.5. The van der Waals surface area contributed by atoms with Gasteiger partial charge in [0.25, 0.3) is 0 Å². The van der Waals surface area contributed by atoms with Crippen LogP contribution in [0.15, 0.2) is 23.1 Å². The SMILES string of the molecule is COC(=O)C1CCN(C(=O)CCNS(=O)(=O)c2ccc(Cl)c(C(F)(F)F)c2)CC1. The molecule has 7 nitrogen and oxygen atoms in total. The molecule has 2 rings (SSSR count). The third kappa shape index (κ3) is 6.06. The van der Waals surface area contributed by atoms with Crippen molar-refractivity contribution in [2.45, 2.75) is 30.3 Å². The molecule has 1 aliphatic heterocycles. The van der Waals surface area contributed by atoms with E-state index in [9.17, 15) is 31.2 Å². The lowest BCUT2D eigenvalue weighted by atomic mass is 9.97. The van der Waals surface area contributed by atoms with Gasteiger partial charge in [0, 0.05) is 26.1 Å². The summed E-state index contributed by atoms with van der Waals surface area (Å²) in [6.45, 7) is 0.414. The van der Waals surface area contributed by atoms with E-state index in [1.165, 1.54) is 12.0 Å². The molecular formula is C17H20ClF3N2O5S. The molecule has 1 heterocycles. The Hall–Kier alpha value is -1.85. The largest absolute Gasteiger partial charge is 0.469 e. The van der Waals surface area contributed by atoms with Gasteiger partial charge in [-0.3, -0.25) is 9.59 Å². The van der Waals surface area contributed by atoms with Crippen LogP contribution in [0.1, 0.15) is 24.8 Å². The van der Waals surface area contributed by atoms with Crippen LogP contribution in [0.5, 0.6) is 0 Å². The number of likely N-dealkylation sites (tertiary alicyclic amines) is 1. The molecule has 1 aliphatic rings. The quantitative estimate of drug-likeness (QED) is 0.664. The number of nitrogens with zero attached hydrogens (tertiary/aromatic N) is 1. The number of amides is 1. The molecule has 0 unspecified atom stereocenters. The number of benzene rings is 1. The summed E-state index contributed by atoms with van der Waals surface area (Å²) in [4.78, 5) is 24.6. The first-order valence-electron chi connectivity index (χ1n) is 8.67. The van der Waals surface area contributed by atoms with Gasteiger partial charge in [0.2, 0.25) is 15.9 Å². The Kier molecular flexibility index (Phi) is 7.52. The molecule has 0 radical (unpaired) electrons. The number of carbonyl (C=O) groups is 2. The molecule has 162 valence electrons. The lowest BCUT2D eigenvalue weighted by Gasteiger charge is -2.30. The summed E-state index contributed by atoms with van der Waals surface area (Å²) in [5.74, 6) is -0.913. The maximum absolute atomic E-state index is 12.9. The van der Waals surface area contributed by atoms with Crippen LogP contribution in [0.3, 0.4) is 0 Å². The highest BCUT2D eigenvalue weighted by Gasteiger charge is 2.34. The summed E-state index contributed by atoms with van der Waals surface area (Å²) in [5.41, 5.74) is -1.26. The Labute approximate surface area is 171 Å². The normalized spacial score (nSPS) is 16.0. The van der Waals surface area contributed by atoms with Crippen LogP contribution >= 0.6 is 11.6 Å². The Morgan fingerprint density at radius 2 is 1.90 bits per heavy atom. The number of piperidine rings is 1. The van der Waals surface area contributed by atoms with E-state index in [4.69, 9.17) is 11.6 Å². The van der Waals surface area contributed by atoms with E-state index < -0.39 is 31.7 Å². The van der Waals surface area contributed by atoms with E-state index >= 15 is 0 Å². The average Bonchev–Trinajstić information content (AvgIpc) is 2.66. The number of halogens is 4. The van der Waals surface area contributed by atoms with Crippen molar-refractivity contribution in [1.82, 2.24) is 9.62 Å². The van der Waals surface area contributed by atoms with Crippen LogP contribution in [0, 0.1) is 5.92 Å². The molecule has 12 heteroatoms. The van der Waals surface area contributed by atoms with Gasteiger partial charge in [-0.1, -0.05) is 11.6 Å². The number of sulfonamides is 1. The molecule has 1 aromatic carbocycles. The Morgan fingerprint density at radius 3 is 2.45 bits per heavy atom. The van der Waals surface area contributed by atoms with E-state index in [1.54, 1.807) is 0 Å². The second kappa shape index (κ2) is 9.31. The number of esters is 1. The number of hydrogen-bond donors (Lipinski definition) is 1. The monoisotopic (exact) mass is 456 g/mol. The van der Waals surface area contributed by atoms with Crippen LogP contribution in [-0.4, -0.2) is 51.9 Å². The van der Waals surface area contributed by atoms with Crippen molar-refractivity contribution in [2.24, 2.45) is 5.92 Å². The third-order valence-electron chi connectivity index (χ3n) is 4.57. The molecule has 0 bridgehead atoms. The number of ether oxygens (including phenoxy) is 1. The zero-order valence-electron chi connectivity index (χ0n) is 15.5. The van der Waals surface area contributed by atoms with Gasteiger partial charge >= 0.3 is 12.1 Å². The smallest absolute Gasteiger partial charge is 0.417 e. The number of methoxy groups -OCH3 is 1. The molecule has 1 fully saturated rings. The number of nitrogens with one attached hydrogen (secondary N) is 1. The molecule has 1 saturated heterocycles. The van der Waals surface area contributed by atoms with Crippen molar-refractivity contribution in [3.05, 3.63) is 28.8 Å². The van der Waals surface area contributed by atoms with E-state index in [1.807, 2.05) is 0 Å². The minimum absolute atomic E-state index is 0.165. The van der Waals surface area contributed by atoms with Crippen molar-refractivity contribution >= 4 is 33.5 Å². The fourth-order valence-electron chi connectivity index (χ4n) is 2.95. The number of hydrogen-bond acceptors (Lipinski definition) is 5. The Balaban J connectivity index is 1.92. The van der Waals surface area contributed by atoms with Gasteiger partial charge in [-0.15, -0.1) is 0 Å². The highest BCUT2D eigenvalue weighted by molar-refractivity contribution is 7.89. The summed E-state index contributed by atoms with van der Waals surface area (Å²) in [7, 11) is -2.95. The minimum atomic E-state index is -4.80. The van der Waals surface area contributed by atoms with Crippen molar-refractivity contribution < 1.29 is 35.9 Å². The molecule has 0 spiro atoms. The fraction of sp³-hybridized carbons (Fsp3) is 0.529. The van der Waals surface area contributed by atoms with Gasteiger partial charge in [0.15, 0.2) is 0 Å². The number of alkyl halides is 3.